The summed E-state index contributed by atoms with van der Waals surface area (Å²) >= 11 is 0. The molecular weight excluding hydrogens is 152 g/mol. The normalized spacial score (nSPS) is 13.3. The second kappa shape index (κ2) is 3.72. The number of rotatable bonds is 3. The molecule has 0 aliphatic heterocycles. The molecule has 3 heteroatoms. The summed E-state index contributed by atoms with van der Waals surface area (Å²) in [6.07, 6.45) is 2.80. The smallest absolute Gasteiger partial charge is 0.0715 e. The molecule has 0 saturated carbocycles. The molecule has 0 bridgehead atoms. The van der Waals surface area contributed by atoms with Crippen molar-refractivity contribution in [1.29, 1.82) is 0 Å². The molecule has 12 heavy (non-hydrogen) atoms. The Labute approximate surface area is 73.0 Å². The van der Waals surface area contributed by atoms with Gasteiger partial charge in [0.25, 0.3) is 0 Å². The lowest BCUT2D eigenvalue weighted by Gasteiger charge is -2.11. The largest absolute Gasteiger partial charge is 0.392 e. The fourth-order valence-electron chi connectivity index (χ4n) is 1.23. The summed E-state index contributed by atoms with van der Waals surface area (Å²) in [5, 5.41) is 13.1. The predicted octanol–water partition coefficient (Wildman–Crippen LogP) is 1.65. The molecule has 3 nitrogen and oxygen atoms in total. The summed E-state index contributed by atoms with van der Waals surface area (Å²) in [4.78, 5) is 0. The van der Waals surface area contributed by atoms with E-state index in [1.807, 2.05) is 11.6 Å². The molecule has 0 radical (unpaired) electrons. The Morgan fingerprint density at radius 1 is 1.67 bits per heavy atom. The second-order valence-corrected chi connectivity index (χ2v) is 3.12. The molecule has 0 fully saturated rings. The summed E-state index contributed by atoms with van der Waals surface area (Å²) in [6, 6.07) is 0.422. The molecule has 0 aromatic carbocycles. The van der Waals surface area contributed by atoms with Crippen molar-refractivity contribution in [2.75, 3.05) is 0 Å². The minimum Gasteiger partial charge on any atom is -0.392 e. The maximum atomic E-state index is 8.93. The Balaban J connectivity index is 2.93. The molecular formula is C9H16N2O. The first-order valence-electron chi connectivity index (χ1n) is 4.34. The number of aliphatic hydroxyl groups is 1. The summed E-state index contributed by atoms with van der Waals surface area (Å²) in [7, 11) is 0. The molecule has 1 atom stereocenters. The van der Waals surface area contributed by atoms with Crippen molar-refractivity contribution < 1.29 is 5.11 Å². The number of hydrogen-bond donors (Lipinski definition) is 1. The van der Waals surface area contributed by atoms with Gasteiger partial charge in [-0.05, 0) is 20.3 Å². The second-order valence-electron chi connectivity index (χ2n) is 3.12. The molecule has 1 aromatic rings. The van der Waals surface area contributed by atoms with Crippen LogP contribution in [0.3, 0.4) is 0 Å². The van der Waals surface area contributed by atoms with Crippen LogP contribution in [0.25, 0.3) is 0 Å². The van der Waals surface area contributed by atoms with Crippen LogP contribution in [0.5, 0.6) is 0 Å². The van der Waals surface area contributed by atoms with E-state index in [0.29, 0.717) is 6.04 Å². The molecule has 1 unspecified atom stereocenters. The van der Waals surface area contributed by atoms with Gasteiger partial charge < -0.3 is 5.11 Å². The summed E-state index contributed by atoms with van der Waals surface area (Å²) in [6.45, 7) is 6.33. The quantitative estimate of drug-likeness (QED) is 0.745. The van der Waals surface area contributed by atoms with E-state index in [0.717, 1.165) is 17.7 Å². The Morgan fingerprint density at radius 2 is 2.33 bits per heavy atom. The molecule has 1 heterocycles. The van der Waals surface area contributed by atoms with Crippen LogP contribution in [0.2, 0.25) is 0 Å². The highest BCUT2D eigenvalue weighted by Crippen LogP contribution is 2.15. The number of aromatic nitrogens is 2. The molecule has 0 spiro atoms. The van der Waals surface area contributed by atoms with Gasteiger partial charge in [-0.25, -0.2) is 0 Å². The highest BCUT2D eigenvalue weighted by Gasteiger charge is 2.08. The Hall–Kier alpha value is -0.830. The first-order chi connectivity index (χ1) is 5.70. The minimum absolute atomic E-state index is 0.0856. The third kappa shape index (κ3) is 1.50. The van der Waals surface area contributed by atoms with Crippen molar-refractivity contribution in [3.63, 3.8) is 0 Å². The maximum Gasteiger partial charge on any atom is 0.0715 e. The van der Waals surface area contributed by atoms with E-state index in [4.69, 9.17) is 5.11 Å². The zero-order chi connectivity index (χ0) is 9.14. The van der Waals surface area contributed by atoms with E-state index in [2.05, 4.69) is 18.9 Å². The van der Waals surface area contributed by atoms with E-state index in [-0.39, 0.29) is 6.61 Å². The molecule has 1 N–H and O–H groups in total. The first-order valence-corrected chi connectivity index (χ1v) is 4.34. The van der Waals surface area contributed by atoms with Crippen molar-refractivity contribution in [2.45, 2.75) is 39.8 Å². The standard InChI is InChI=1S/C9H16N2O/c1-4-7(2)11-8(3)9(6-12)5-10-11/h5,7,12H,4,6H2,1-3H3. The van der Waals surface area contributed by atoms with Crippen LogP contribution in [-0.4, -0.2) is 14.9 Å². The maximum absolute atomic E-state index is 8.93. The average Bonchev–Trinajstić information content (AvgIpc) is 2.45. The fraction of sp³-hybridized carbons (Fsp3) is 0.667. The highest BCUT2D eigenvalue weighted by molar-refractivity contribution is 5.15. The minimum atomic E-state index is 0.0856. The van der Waals surface area contributed by atoms with Crippen LogP contribution in [0.15, 0.2) is 6.20 Å². The van der Waals surface area contributed by atoms with Crippen LogP contribution in [0.4, 0.5) is 0 Å². The lowest BCUT2D eigenvalue weighted by molar-refractivity contribution is 0.280. The van der Waals surface area contributed by atoms with Crippen LogP contribution in [0, 0.1) is 6.92 Å². The zero-order valence-electron chi connectivity index (χ0n) is 7.91. The lowest BCUT2D eigenvalue weighted by Crippen LogP contribution is -2.07. The van der Waals surface area contributed by atoms with E-state index in [1.165, 1.54) is 0 Å². The zero-order valence-corrected chi connectivity index (χ0v) is 7.91. The van der Waals surface area contributed by atoms with Gasteiger partial charge >= 0.3 is 0 Å². The van der Waals surface area contributed by atoms with Gasteiger partial charge in [0.15, 0.2) is 0 Å². The van der Waals surface area contributed by atoms with Crippen LogP contribution in [-0.2, 0) is 6.61 Å². The van der Waals surface area contributed by atoms with Crippen LogP contribution < -0.4 is 0 Å². The Morgan fingerprint density at radius 3 is 2.75 bits per heavy atom. The topological polar surface area (TPSA) is 38.0 Å². The molecule has 1 aromatic heterocycles. The van der Waals surface area contributed by atoms with E-state index < -0.39 is 0 Å². The summed E-state index contributed by atoms with van der Waals surface area (Å²) in [5.74, 6) is 0. The van der Waals surface area contributed by atoms with Crippen molar-refractivity contribution in [2.24, 2.45) is 0 Å². The van der Waals surface area contributed by atoms with Crippen LogP contribution >= 0.6 is 0 Å². The van der Waals surface area contributed by atoms with Crippen molar-refractivity contribution >= 4 is 0 Å². The van der Waals surface area contributed by atoms with Crippen molar-refractivity contribution in [3.8, 4) is 0 Å². The number of aliphatic hydroxyl groups excluding tert-OH is 1. The average molecular weight is 168 g/mol. The first kappa shape index (κ1) is 9.26. The molecule has 0 amide bonds. The SMILES string of the molecule is CCC(C)n1ncc(CO)c1C. The molecule has 0 aliphatic carbocycles. The third-order valence-electron chi connectivity index (χ3n) is 2.33. The van der Waals surface area contributed by atoms with Gasteiger partial charge in [-0.2, -0.15) is 5.10 Å². The summed E-state index contributed by atoms with van der Waals surface area (Å²) < 4.78 is 1.96. The van der Waals surface area contributed by atoms with Gasteiger partial charge in [0.1, 0.15) is 0 Å². The number of nitrogens with zero attached hydrogens (tertiary/aromatic N) is 2. The van der Waals surface area contributed by atoms with E-state index >= 15 is 0 Å². The van der Waals surface area contributed by atoms with Gasteiger partial charge in [-0.15, -0.1) is 0 Å². The molecule has 1 rings (SSSR count). The lowest BCUT2D eigenvalue weighted by atomic mass is 10.2. The van der Waals surface area contributed by atoms with E-state index in [1.54, 1.807) is 6.20 Å². The van der Waals surface area contributed by atoms with Crippen molar-refractivity contribution in [3.05, 3.63) is 17.5 Å². The van der Waals surface area contributed by atoms with Crippen LogP contribution in [0.1, 0.15) is 37.6 Å². The molecule has 0 saturated heterocycles. The summed E-state index contributed by atoms with van der Waals surface area (Å²) in [5.41, 5.74) is 2.00. The predicted molar refractivity (Wildman–Crippen MR) is 47.9 cm³/mol. The van der Waals surface area contributed by atoms with Gasteiger partial charge in [-0.1, -0.05) is 6.92 Å². The third-order valence-corrected chi connectivity index (χ3v) is 2.33. The fourth-order valence-corrected chi connectivity index (χ4v) is 1.23. The van der Waals surface area contributed by atoms with Gasteiger partial charge in [-0.3, -0.25) is 4.68 Å². The highest BCUT2D eigenvalue weighted by atomic mass is 16.3. The van der Waals surface area contributed by atoms with Gasteiger partial charge in [0.2, 0.25) is 0 Å². The monoisotopic (exact) mass is 168 g/mol. The Bertz CT molecular complexity index is 255. The van der Waals surface area contributed by atoms with Gasteiger partial charge in [0, 0.05) is 17.3 Å². The molecule has 0 aliphatic rings. The number of hydrogen-bond acceptors (Lipinski definition) is 2. The van der Waals surface area contributed by atoms with Gasteiger partial charge in [0.05, 0.1) is 12.8 Å². The van der Waals surface area contributed by atoms with E-state index in [9.17, 15) is 0 Å². The molecule has 68 valence electrons. The Kier molecular flexibility index (Phi) is 2.87. The van der Waals surface area contributed by atoms with Crippen molar-refractivity contribution in [1.82, 2.24) is 9.78 Å².